The number of nitrogens with zero attached hydrogens (tertiary/aromatic N) is 2. The topological polar surface area (TPSA) is 40.6 Å². The van der Waals surface area contributed by atoms with Crippen LogP contribution in [0.2, 0.25) is 5.02 Å². The summed E-state index contributed by atoms with van der Waals surface area (Å²) in [4.78, 5) is 29.9. The van der Waals surface area contributed by atoms with Gasteiger partial charge in [-0.25, -0.2) is 4.39 Å². The molecule has 0 N–H and O–H groups in total. The van der Waals surface area contributed by atoms with E-state index < -0.39 is 5.82 Å². The van der Waals surface area contributed by atoms with Gasteiger partial charge in [0, 0.05) is 31.7 Å². The highest BCUT2D eigenvalue weighted by molar-refractivity contribution is 7.12. The van der Waals surface area contributed by atoms with Crippen LogP contribution in [-0.2, 0) is 0 Å². The molecule has 148 valence electrons. The Labute approximate surface area is 177 Å². The number of benzene rings is 2. The lowest BCUT2D eigenvalue weighted by molar-refractivity contribution is 0.0538. The lowest BCUT2D eigenvalue weighted by Gasteiger charge is -2.35. The number of piperazine rings is 1. The first-order chi connectivity index (χ1) is 14.0. The number of hydrogen-bond acceptors (Lipinski definition) is 3. The molecule has 0 aliphatic carbocycles. The van der Waals surface area contributed by atoms with E-state index in [1.807, 2.05) is 41.8 Å². The van der Waals surface area contributed by atoms with Crippen LogP contribution in [0.15, 0.2) is 60.0 Å². The molecule has 0 radical (unpaired) electrons. The van der Waals surface area contributed by atoms with Gasteiger partial charge in [-0.3, -0.25) is 9.59 Å². The molecule has 7 heteroatoms. The minimum atomic E-state index is -0.480. The molecule has 3 aromatic rings. The minimum absolute atomic E-state index is 0.0224. The SMILES string of the molecule is O=C(c1ccc(F)cc1Cl)N1CCN(C(=O)c2sccc2-c2ccccc2)CC1. The normalized spacial score (nSPS) is 14.1. The van der Waals surface area contributed by atoms with E-state index in [0.29, 0.717) is 31.1 Å². The van der Waals surface area contributed by atoms with E-state index in [2.05, 4.69) is 0 Å². The summed E-state index contributed by atoms with van der Waals surface area (Å²) < 4.78 is 13.2. The number of hydrogen-bond donors (Lipinski definition) is 0. The summed E-state index contributed by atoms with van der Waals surface area (Å²) in [5.74, 6) is -0.749. The molecule has 1 aromatic heterocycles. The summed E-state index contributed by atoms with van der Waals surface area (Å²) in [6, 6.07) is 15.5. The Bertz CT molecular complexity index is 1050. The fraction of sp³-hybridized carbons (Fsp3) is 0.182. The third-order valence-electron chi connectivity index (χ3n) is 4.96. The second kappa shape index (κ2) is 8.35. The number of rotatable bonds is 3. The zero-order chi connectivity index (χ0) is 20.4. The Balaban J connectivity index is 1.45. The minimum Gasteiger partial charge on any atom is -0.335 e. The first-order valence-corrected chi connectivity index (χ1v) is 10.5. The first-order valence-electron chi connectivity index (χ1n) is 9.21. The second-order valence-electron chi connectivity index (χ2n) is 6.74. The predicted octanol–water partition coefficient (Wildman–Crippen LogP) is 4.81. The third kappa shape index (κ3) is 4.04. The highest BCUT2D eigenvalue weighted by Crippen LogP contribution is 2.29. The van der Waals surface area contributed by atoms with E-state index in [1.165, 1.54) is 23.5 Å². The Hall–Kier alpha value is -2.70. The van der Waals surface area contributed by atoms with Gasteiger partial charge in [-0.2, -0.15) is 0 Å². The molecule has 0 saturated carbocycles. The number of carbonyl (C=O) groups excluding carboxylic acids is 2. The first kappa shape index (κ1) is 19.6. The van der Waals surface area contributed by atoms with Crippen LogP contribution in [0.5, 0.6) is 0 Å². The molecule has 1 aliphatic heterocycles. The van der Waals surface area contributed by atoms with Crippen LogP contribution in [0.4, 0.5) is 4.39 Å². The summed E-state index contributed by atoms with van der Waals surface area (Å²) in [6.07, 6.45) is 0. The highest BCUT2D eigenvalue weighted by atomic mass is 35.5. The van der Waals surface area contributed by atoms with Crippen molar-refractivity contribution in [1.82, 2.24) is 9.80 Å². The Morgan fingerprint density at radius 3 is 2.21 bits per heavy atom. The van der Waals surface area contributed by atoms with Crippen LogP contribution in [-0.4, -0.2) is 47.8 Å². The van der Waals surface area contributed by atoms with Crippen molar-refractivity contribution in [2.75, 3.05) is 26.2 Å². The van der Waals surface area contributed by atoms with E-state index in [4.69, 9.17) is 11.6 Å². The lowest BCUT2D eigenvalue weighted by Crippen LogP contribution is -2.50. The van der Waals surface area contributed by atoms with Gasteiger partial charge >= 0.3 is 0 Å². The molecule has 1 fully saturated rings. The maximum Gasteiger partial charge on any atom is 0.264 e. The van der Waals surface area contributed by atoms with Gasteiger partial charge in [-0.1, -0.05) is 41.9 Å². The quantitative estimate of drug-likeness (QED) is 0.601. The van der Waals surface area contributed by atoms with Crippen molar-refractivity contribution in [2.45, 2.75) is 0 Å². The largest absolute Gasteiger partial charge is 0.335 e. The van der Waals surface area contributed by atoms with Crippen LogP contribution in [0.25, 0.3) is 11.1 Å². The maximum atomic E-state index is 13.2. The van der Waals surface area contributed by atoms with Gasteiger partial charge in [0.2, 0.25) is 0 Å². The fourth-order valence-corrected chi connectivity index (χ4v) is 4.54. The van der Waals surface area contributed by atoms with Crippen LogP contribution >= 0.6 is 22.9 Å². The number of carbonyl (C=O) groups is 2. The summed E-state index contributed by atoms with van der Waals surface area (Å²) in [7, 11) is 0. The van der Waals surface area contributed by atoms with Crippen LogP contribution in [0.1, 0.15) is 20.0 Å². The molecule has 1 aliphatic rings. The summed E-state index contributed by atoms with van der Waals surface area (Å²) in [5.41, 5.74) is 2.21. The van der Waals surface area contributed by atoms with Crippen molar-refractivity contribution < 1.29 is 14.0 Å². The molecule has 29 heavy (non-hydrogen) atoms. The van der Waals surface area contributed by atoms with E-state index in [-0.39, 0.29) is 22.4 Å². The third-order valence-corrected chi connectivity index (χ3v) is 6.18. The van der Waals surface area contributed by atoms with Gasteiger partial charge < -0.3 is 9.80 Å². The Morgan fingerprint density at radius 2 is 1.55 bits per heavy atom. The van der Waals surface area contributed by atoms with Crippen molar-refractivity contribution in [1.29, 1.82) is 0 Å². The molecule has 0 bridgehead atoms. The van der Waals surface area contributed by atoms with Gasteiger partial charge in [-0.05, 0) is 35.2 Å². The molecule has 0 spiro atoms. The average molecular weight is 429 g/mol. The van der Waals surface area contributed by atoms with Crippen molar-refractivity contribution >= 4 is 34.8 Å². The van der Waals surface area contributed by atoms with Crippen molar-refractivity contribution in [2.24, 2.45) is 0 Å². The molecule has 2 aromatic carbocycles. The number of thiophene rings is 1. The zero-order valence-electron chi connectivity index (χ0n) is 15.5. The second-order valence-corrected chi connectivity index (χ2v) is 8.06. The number of halogens is 2. The molecule has 4 rings (SSSR count). The predicted molar refractivity (Wildman–Crippen MR) is 113 cm³/mol. The molecule has 2 amide bonds. The van der Waals surface area contributed by atoms with Gasteiger partial charge in [0.05, 0.1) is 15.5 Å². The highest BCUT2D eigenvalue weighted by Gasteiger charge is 2.28. The molecule has 1 saturated heterocycles. The molecule has 0 unspecified atom stereocenters. The van der Waals surface area contributed by atoms with Crippen molar-refractivity contribution in [3.05, 3.63) is 81.3 Å². The number of amides is 2. The van der Waals surface area contributed by atoms with Crippen molar-refractivity contribution in [3.63, 3.8) is 0 Å². The van der Waals surface area contributed by atoms with Gasteiger partial charge in [0.25, 0.3) is 11.8 Å². The van der Waals surface area contributed by atoms with E-state index in [1.54, 1.807) is 9.80 Å². The van der Waals surface area contributed by atoms with Crippen LogP contribution in [0, 0.1) is 5.82 Å². The standard InChI is InChI=1S/C22H18ClFN2O2S/c23-19-14-16(24)6-7-18(19)21(27)25-9-11-26(12-10-25)22(28)20-17(8-13-29-20)15-4-2-1-3-5-15/h1-8,13-14H,9-12H2. The molecule has 2 heterocycles. The Kier molecular flexibility index (Phi) is 5.65. The Morgan fingerprint density at radius 1 is 0.897 bits per heavy atom. The van der Waals surface area contributed by atoms with Crippen LogP contribution < -0.4 is 0 Å². The van der Waals surface area contributed by atoms with Gasteiger partial charge in [0.1, 0.15) is 5.82 Å². The molecular formula is C22H18ClFN2O2S. The molecule has 4 nitrogen and oxygen atoms in total. The van der Waals surface area contributed by atoms with E-state index >= 15 is 0 Å². The average Bonchev–Trinajstić information content (AvgIpc) is 3.23. The zero-order valence-corrected chi connectivity index (χ0v) is 17.0. The molecular weight excluding hydrogens is 411 g/mol. The van der Waals surface area contributed by atoms with Gasteiger partial charge in [-0.15, -0.1) is 11.3 Å². The maximum absolute atomic E-state index is 13.2. The smallest absolute Gasteiger partial charge is 0.264 e. The van der Waals surface area contributed by atoms with Crippen molar-refractivity contribution in [3.8, 4) is 11.1 Å². The summed E-state index contributed by atoms with van der Waals surface area (Å²) >= 11 is 7.44. The monoisotopic (exact) mass is 428 g/mol. The van der Waals surface area contributed by atoms with Crippen LogP contribution in [0.3, 0.4) is 0 Å². The summed E-state index contributed by atoms with van der Waals surface area (Å²) in [6.45, 7) is 1.69. The van der Waals surface area contributed by atoms with E-state index in [9.17, 15) is 14.0 Å². The lowest BCUT2D eigenvalue weighted by atomic mass is 10.1. The van der Waals surface area contributed by atoms with Gasteiger partial charge in [0.15, 0.2) is 0 Å². The summed E-state index contributed by atoms with van der Waals surface area (Å²) in [5, 5.41) is 2.02. The van der Waals surface area contributed by atoms with E-state index in [0.717, 1.165) is 17.2 Å². The molecule has 0 atom stereocenters. The fourth-order valence-electron chi connectivity index (χ4n) is 3.41.